The second-order valence-corrected chi connectivity index (χ2v) is 6.45. The fraction of sp³-hybridized carbons (Fsp3) is 0.0870. The van der Waals surface area contributed by atoms with E-state index in [4.69, 9.17) is 0 Å². The highest BCUT2D eigenvalue weighted by molar-refractivity contribution is 5.63. The van der Waals surface area contributed by atoms with Crippen LogP contribution in [0.25, 0.3) is 22.4 Å². The summed E-state index contributed by atoms with van der Waals surface area (Å²) < 4.78 is 0. The molecule has 5 heteroatoms. The molecule has 2 aromatic carbocycles. The van der Waals surface area contributed by atoms with Gasteiger partial charge in [-0.2, -0.15) is 0 Å². The number of anilines is 1. The van der Waals surface area contributed by atoms with Crippen LogP contribution in [0.3, 0.4) is 0 Å². The molecule has 138 valence electrons. The average molecular weight is 368 g/mol. The van der Waals surface area contributed by atoms with Crippen molar-refractivity contribution >= 4 is 5.95 Å². The summed E-state index contributed by atoms with van der Waals surface area (Å²) in [4.78, 5) is 23.2. The topological polar surface area (TPSA) is 70.7 Å². The normalized spacial score (nSPS) is 10.6. The average Bonchev–Trinajstić information content (AvgIpc) is 2.75. The van der Waals surface area contributed by atoms with Gasteiger partial charge < -0.3 is 5.32 Å². The molecule has 0 spiro atoms. The first-order chi connectivity index (χ1) is 13.8. The minimum atomic E-state index is -0.184. The Hall–Kier alpha value is -3.73. The van der Waals surface area contributed by atoms with Crippen LogP contribution < -0.4 is 10.9 Å². The lowest BCUT2D eigenvalue weighted by Gasteiger charge is -2.08. The Morgan fingerprint density at radius 3 is 2.29 bits per heavy atom. The van der Waals surface area contributed by atoms with Crippen molar-refractivity contribution in [1.82, 2.24) is 15.0 Å². The molecule has 2 heterocycles. The van der Waals surface area contributed by atoms with Gasteiger partial charge in [0.1, 0.15) is 0 Å². The summed E-state index contributed by atoms with van der Waals surface area (Å²) in [5.74, 6) is 0.472. The minimum absolute atomic E-state index is 0.184. The van der Waals surface area contributed by atoms with E-state index in [2.05, 4.69) is 56.7 Å². The molecule has 4 rings (SSSR count). The molecule has 0 bridgehead atoms. The Balaban J connectivity index is 1.40. The van der Waals surface area contributed by atoms with Crippen LogP contribution in [-0.4, -0.2) is 21.5 Å². The molecule has 4 aromatic rings. The molecular weight excluding hydrogens is 348 g/mol. The number of aromatic amines is 1. The van der Waals surface area contributed by atoms with Crippen molar-refractivity contribution in [2.45, 2.75) is 6.42 Å². The first kappa shape index (κ1) is 17.7. The summed E-state index contributed by atoms with van der Waals surface area (Å²) in [5.41, 5.74) is 4.94. The van der Waals surface area contributed by atoms with Gasteiger partial charge in [-0.25, -0.2) is 4.98 Å². The molecule has 0 saturated heterocycles. The first-order valence-corrected chi connectivity index (χ1v) is 9.18. The van der Waals surface area contributed by atoms with Crippen molar-refractivity contribution in [3.05, 3.63) is 101 Å². The molecule has 0 radical (unpaired) electrons. The maximum atomic E-state index is 11.9. The number of hydrogen-bond donors (Lipinski definition) is 2. The van der Waals surface area contributed by atoms with Crippen LogP contribution in [0.5, 0.6) is 0 Å². The van der Waals surface area contributed by atoms with Crippen molar-refractivity contribution in [2.75, 3.05) is 11.9 Å². The Morgan fingerprint density at radius 2 is 1.54 bits per heavy atom. The molecule has 2 N–H and O–H groups in total. The predicted molar refractivity (Wildman–Crippen MR) is 112 cm³/mol. The number of aromatic nitrogens is 3. The van der Waals surface area contributed by atoms with Gasteiger partial charge in [0.25, 0.3) is 5.56 Å². The monoisotopic (exact) mass is 368 g/mol. The Labute approximate surface area is 163 Å². The lowest BCUT2D eigenvalue weighted by molar-refractivity contribution is 0.978. The van der Waals surface area contributed by atoms with Crippen LogP contribution in [0, 0.1) is 0 Å². The molecule has 0 unspecified atom stereocenters. The highest BCUT2D eigenvalue weighted by atomic mass is 16.1. The van der Waals surface area contributed by atoms with E-state index >= 15 is 0 Å². The largest absolute Gasteiger partial charge is 0.355 e. The third-order valence-corrected chi connectivity index (χ3v) is 4.48. The number of H-pyrrole nitrogens is 1. The van der Waals surface area contributed by atoms with Crippen molar-refractivity contribution in [3.8, 4) is 22.4 Å². The van der Waals surface area contributed by atoms with Crippen molar-refractivity contribution in [2.24, 2.45) is 0 Å². The zero-order valence-electron chi connectivity index (χ0n) is 15.3. The van der Waals surface area contributed by atoms with Crippen LogP contribution in [0.2, 0.25) is 0 Å². The standard InChI is InChI=1S/C23H20N4O/c28-22-16-21(20-11-13-24-14-12-20)26-23(27-22)25-15-10-17-6-8-19(9-7-17)18-4-2-1-3-5-18/h1-9,11-14,16H,10,15H2,(H2,25,26,27,28). The summed E-state index contributed by atoms with van der Waals surface area (Å²) >= 11 is 0. The van der Waals surface area contributed by atoms with Crippen LogP contribution in [0.1, 0.15) is 5.56 Å². The minimum Gasteiger partial charge on any atom is -0.355 e. The van der Waals surface area contributed by atoms with Crippen LogP contribution in [-0.2, 0) is 6.42 Å². The van der Waals surface area contributed by atoms with E-state index in [9.17, 15) is 4.79 Å². The van der Waals surface area contributed by atoms with E-state index in [0.717, 1.165) is 12.0 Å². The molecule has 5 nitrogen and oxygen atoms in total. The molecule has 0 aliphatic heterocycles. The molecule has 0 amide bonds. The van der Waals surface area contributed by atoms with Crippen LogP contribution in [0.4, 0.5) is 5.95 Å². The number of benzene rings is 2. The summed E-state index contributed by atoms with van der Waals surface area (Å²) in [5, 5.41) is 3.21. The molecule has 0 aliphatic carbocycles. The highest BCUT2D eigenvalue weighted by Gasteiger charge is 2.04. The van der Waals surface area contributed by atoms with E-state index in [0.29, 0.717) is 18.2 Å². The number of nitrogens with one attached hydrogen (secondary N) is 2. The zero-order valence-corrected chi connectivity index (χ0v) is 15.3. The molecule has 0 fully saturated rings. The van der Waals surface area contributed by atoms with Gasteiger partial charge in [0.2, 0.25) is 5.95 Å². The molecule has 28 heavy (non-hydrogen) atoms. The summed E-state index contributed by atoms with van der Waals surface area (Å²) in [6, 6.07) is 24.0. The van der Waals surface area contributed by atoms with Gasteiger partial charge in [-0.05, 0) is 35.2 Å². The zero-order chi connectivity index (χ0) is 19.2. The number of nitrogens with zero attached hydrogens (tertiary/aromatic N) is 2. The number of rotatable bonds is 6. The van der Waals surface area contributed by atoms with Gasteiger partial charge in [-0.3, -0.25) is 14.8 Å². The molecule has 2 aromatic heterocycles. The van der Waals surface area contributed by atoms with Crippen molar-refractivity contribution < 1.29 is 0 Å². The third kappa shape index (κ3) is 4.32. The van der Waals surface area contributed by atoms with Gasteiger partial charge in [0.05, 0.1) is 5.69 Å². The fourth-order valence-electron chi connectivity index (χ4n) is 3.03. The van der Waals surface area contributed by atoms with Gasteiger partial charge >= 0.3 is 0 Å². The van der Waals surface area contributed by atoms with Crippen molar-refractivity contribution in [3.63, 3.8) is 0 Å². The van der Waals surface area contributed by atoms with Gasteiger partial charge in [-0.1, -0.05) is 54.6 Å². The maximum absolute atomic E-state index is 11.9. The molecule has 0 aliphatic rings. The number of pyridine rings is 1. The maximum Gasteiger partial charge on any atom is 0.252 e. The van der Waals surface area contributed by atoms with Gasteiger partial charge in [-0.15, -0.1) is 0 Å². The summed E-state index contributed by atoms with van der Waals surface area (Å²) in [6.07, 6.45) is 4.20. The summed E-state index contributed by atoms with van der Waals surface area (Å²) in [7, 11) is 0. The van der Waals surface area contributed by atoms with Gasteiger partial charge in [0.15, 0.2) is 0 Å². The van der Waals surface area contributed by atoms with E-state index in [1.807, 2.05) is 30.3 Å². The molecular formula is C23H20N4O. The second kappa shape index (κ2) is 8.31. The van der Waals surface area contributed by atoms with Crippen molar-refractivity contribution in [1.29, 1.82) is 0 Å². The van der Waals surface area contributed by atoms with E-state index in [-0.39, 0.29) is 5.56 Å². The number of hydrogen-bond acceptors (Lipinski definition) is 4. The highest BCUT2D eigenvalue weighted by Crippen LogP contribution is 2.19. The first-order valence-electron chi connectivity index (χ1n) is 9.18. The van der Waals surface area contributed by atoms with Crippen LogP contribution >= 0.6 is 0 Å². The third-order valence-electron chi connectivity index (χ3n) is 4.48. The smallest absolute Gasteiger partial charge is 0.252 e. The van der Waals surface area contributed by atoms with E-state index in [1.165, 1.54) is 22.8 Å². The SMILES string of the molecule is O=c1cc(-c2ccncc2)nc(NCCc2ccc(-c3ccccc3)cc2)[nH]1. The summed E-state index contributed by atoms with van der Waals surface area (Å²) in [6.45, 7) is 0.674. The molecule has 0 saturated carbocycles. The van der Waals surface area contributed by atoms with E-state index < -0.39 is 0 Å². The second-order valence-electron chi connectivity index (χ2n) is 6.45. The Kier molecular flexibility index (Phi) is 5.24. The van der Waals surface area contributed by atoms with Crippen LogP contribution in [0.15, 0.2) is 90.0 Å². The lowest BCUT2D eigenvalue weighted by Crippen LogP contribution is -2.14. The molecule has 0 atom stereocenters. The predicted octanol–water partition coefficient (Wildman–Crippen LogP) is 4.15. The van der Waals surface area contributed by atoms with Gasteiger partial charge in [0, 0.05) is 30.6 Å². The Morgan fingerprint density at radius 1 is 0.821 bits per heavy atom. The Bertz CT molecular complexity index is 1090. The van der Waals surface area contributed by atoms with E-state index in [1.54, 1.807) is 12.4 Å². The fourth-order valence-corrected chi connectivity index (χ4v) is 3.03. The quantitative estimate of drug-likeness (QED) is 0.536. The lowest BCUT2D eigenvalue weighted by atomic mass is 10.0.